The van der Waals surface area contributed by atoms with Gasteiger partial charge in [-0.25, -0.2) is 9.37 Å². The van der Waals surface area contributed by atoms with Crippen molar-refractivity contribution in [2.24, 2.45) is 0 Å². The largest absolute Gasteiger partial charge is 0.476 e. The number of nitrogens with zero attached hydrogens (tertiary/aromatic N) is 1. The summed E-state index contributed by atoms with van der Waals surface area (Å²) in [5, 5.41) is 9.37. The molecule has 0 fully saturated rings. The van der Waals surface area contributed by atoms with Crippen LogP contribution in [0.2, 0.25) is 5.02 Å². The molecule has 0 aliphatic heterocycles. The first-order valence-electron chi connectivity index (χ1n) is 4.22. The van der Waals surface area contributed by atoms with E-state index >= 15 is 0 Å². The molecule has 0 amide bonds. The van der Waals surface area contributed by atoms with Gasteiger partial charge < -0.3 is 9.84 Å². The molecule has 5 heteroatoms. The van der Waals surface area contributed by atoms with E-state index in [-0.39, 0.29) is 16.5 Å². The maximum Gasteiger partial charge on any atom is 0.250 e. The van der Waals surface area contributed by atoms with Crippen LogP contribution in [0.3, 0.4) is 0 Å². The predicted molar refractivity (Wildman–Crippen MR) is 51.0 cm³/mol. The number of rotatable bonds is 3. The molecule has 0 aromatic carbocycles. The van der Waals surface area contributed by atoms with E-state index in [1.54, 1.807) is 6.92 Å². The first-order valence-corrected chi connectivity index (χ1v) is 4.60. The number of ether oxygens (including phenoxy) is 1. The lowest BCUT2D eigenvalue weighted by Crippen LogP contribution is -2.04. The van der Waals surface area contributed by atoms with E-state index in [1.165, 1.54) is 13.1 Å². The zero-order chi connectivity index (χ0) is 10.7. The SMILES string of the molecule is CCOc1ncc(Cl)c(C(C)O)c1F. The van der Waals surface area contributed by atoms with Crippen LogP contribution in [0.5, 0.6) is 5.88 Å². The monoisotopic (exact) mass is 219 g/mol. The van der Waals surface area contributed by atoms with E-state index in [4.69, 9.17) is 16.3 Å². The van der Waals surface area contributed by atoms with Gasteiger partial charge in [0, 0.05) is 5.56 Å². The number of aliphatic hydroxyl groups is 1. The van der Waals surface area contributed by atoms with E-state index in [0.29, 0.717) is 6.61 Å². The van der Waals surface area contributed by atoms with E-state index in [0.717, 1.165) is 0 Å². The number of hydrogen-bond acceptors (Lipinski definition) is 3. The summed E-state index contributed by atoms with van der Waals surface area (Å²) in [5.41, 5.74) is 0.0186. The minimum Gasteiger partial charge on any atom is -0.476 e. The summed E-state index contributed by atoms with van der Waals surface area (Å²) in [6, 6.07) is 0. The normalized spacial score (nSPS) is 12.6. The van der Waals surface area contributed by atoms with Crippen LogP contribution < -0.4 is 4.74 Å². The van der Waals surface area contributed by atoms with Gasteiger partial charge in [-0.2, -0.15) is 0 Å². The predicted octanol–water partition coefficient (Wildman–Crippen LogP) is 2.33. The molecule has 0 radical (unpaired) electrons. The Morgan fingerprint density at radius 3 is 2.86 bits per heavy atom. The lowest BCUT2D eigenvalue weighted by atomic mass is 10.1. The average molecular weight is 220 g/mol. The second-order valence-electron chi connectivity index (χ2n) is 2.75. The van der Waals surface area contributed by atoms with Gasteiger partial charge in [0.05, 0.1) is 23.9 Å². The molecule has 1 heterocycles. The third-order valence-electron chi connectivity index (χ3n) is 1.68. The Hall–Kier alpha value is -0.870. The zero-order valence-electron chi connectivity index (χ0n) is 7.92. The van der Waals surface area contributed by atoms with E-state index < -0.39 is 11.9 Å². The highest BCUT2D eigenvalue weighted by atomic mass is 35.5. The summed E-state index contributed by atoms with van der Waals surface area (Å²) < 4.78 is 18.5. The van der Waals surface area contributed by atoms with Crippen molar-refractivity contribution >= 4 is 11.6 Å². The topological polar surface area (TPSA) is 42.4 Å². The van der Waals surface area contributed by atoms with E-state index in [9.17, 15) is 9.50 Å². The van der Waals surface area contributed by atoms with Crippen LogP contribution >= 0.6 is 11.6 Å². The molecule has 0 aliphatic carbocycles. The molecule has 0 bridgehead atoms. The fourth-order valence-corrected chi connectivity index (χ4v) is 1.37. The summed E-state index contributed by atoms with van der Waals surface area (Å²) in [5.74, 6) is -0.831. The van der Waals surface area contributed by atoms with Crippen LogP contribution in [0, 0.1) is 5.82 Å². The number of aromatic nitrogens is 1. The highest BCUT2D eigenvalue weighted by Gasteiger charge is 2.18. The van der Waals surface area contributed by atoms with Crippen LogP contribution in [-0.4, -0.2) is 16.7 Å². The minimum absolute atomic E-state index is 0.0186. The molecule has 1 N–H and O–H groups in total. The molecule has 78 valence electrons. The first kappa shape index (κ1) is 11.2. The maximum atomic E-state index is 13.5. The fourth-order valence-electron chi connectivity index (χ4n) is 1.08. The summed E-state index contributed by atoms with van der Waals surface area (Å²) >= 11 is 5.68. The smallest absolute Gasteiger partial charge is 0.250 e. The van der Waals surface area contributed by atoms with Crippen molar-refractivity contribution in [1.29, 1.82) is 0 Å². The number of halogens is 2. The Morgan fingerprint density at radius 1 is 1.71 bits per heavy atom. The third kappa shape index (κ3) is 2.13. The lowest BCUT2D eigenvalue weighted by molar-refractivity contribution is 0.191. The van der Waals surface area contributed by atoms with Gasteiger partial charge in [-0.05, 0) is 13.8 Å². The van der Waals surface area contributed by atoms with Gasteiger partial charge in [0.1, 0.15) is 0 Å². The molecule has 3 nitrogen and oxygen atoms in total. The minimum atomic E-state index is -0.982. The highest BCUT2D eigenvalue weighted by molar-refractivity contribution is 6.31. The quantitative estimate of drug-likeness (QED) is 0.849. The van der Waals surface area contributed by atoms with Crippen LogP contribution in [0.1, 0.15) is 25.5 Å². The molecule has 0 saturated carbocycles. The lowest BCUT2D eigenvalue weighted by Gasteiger charge is -2.11. The molecule has 1 aromatic rings. The summed E-state index contributed by atoms with van der Waals surface area (Å²) in [6.45, 7) is 3.46. The van der Waals surface area contributed by atoms with Crippen molar-refractivity contribution in [2.75, 3.05) is 6.61 Å². The standard InChI is InChI=1S/C9H11ClFNO2/c1-3-14-9-8(11)7(5(2)13)6(10)4-12-9/h4-5,13H,3H2,1-2H3. The Morgan fingerprint density at radius 2 is 2.36 bits per heavy atom. The molecular formula is C9H11ClFNO2. The van der Waals surface area contributed by atoms with Crippen LogP contribution in [-0.2, 0) is 0 Å². The Kier molecular flexibility index (Phi) is 3.66. The molecule has 1 unspecified atom stereocenters. The molecule has 0 spiro atoms. The zero-order valence-corrected chi connectivity index (χ0v) is 8.68. The van der Waals surface area contributed by atoms with Gasteiger partial charge in [0.2, 0.25) is 0 Å². The molecule has 1 rings (SSSR count). The number of aliphatic hydroxyl groups excluding tert-OH is 1. The average Bonchev–Trinajstić information content (AvgIpc) is 2.10. The van der Waals surface area contributed by atoms with Crippen molar-refractivity contribution in [3.05, 3.63) is 22.6 Å². The van der Waals surface area contributed by atoms with Gasteiger partial charge in [-0.3, -0.25) is 0 Å². The molecule has 1 atom stereocenters. The fraction of sp³-hybridized carbons (Fsp3) is 0.444. The summed E-state index contributed by atoms with van der Waals surface area (Å²) in [7, 11) is 0. The molecule has 0 aliphatic rings. The van der Waals surface area contributed by atoms with Crippen molar-refractivity contribution in [1.82, 2.24) is 4.98 Å². The van der Waals surface area contributed by atoms with Gasteiger partial charge in [0.25, 0.3) is 5.88 Å². The summed E-state index contributed by atoms with van der Waals surface area (Å²) in [6.07, 6.45) is 0.280. The van der Waals surface area contributed by atoms with Crippen LogP contribution in [0.15, 0.2) is 6.20 Å². The highest BCUT2D eigenvalue weighted by Crippen LogP contribution is 2.29. The van der Waals surface area contributed by atoms with Gasteiger partial charge >= 0.3 is 0 Å². The second-order valence-corrected chi connectivity index (χ2v) is 3.16. The van der Waals surface area contributed by atoms with E-state index in [1.807, 2.05) is 0 Å². The van der Waals surface area contributed by atoms with Gasteiger partial charge in [0.15, 0.2) is 5.82 Å². The Bertz CT molecular complexity index is 331. The maximum absolute atomic E-state index is 13.5. The van der Waals surface area contributed by atoms with Gasteiger partial charge in [-0.1, -0.05) is 11.6 Å². The Labute approximate surface area is 86.5 Å². The van der Waals surface area contributed by atoms with Crippen molar-refractivity contribution < 1.29 is 14.2 Å². The van der Waals surface area contributed by atoms with Crippen LogP contribution in [0.4, 0.5) is 4.39 Å². The molecular weight excluding hydrogens is 209 g/mol. The molecule has 14 heavy (non-hydrogen) atoms. The number of pyridine rings is 1. The number of hydrogen-bond donors (Lipinski definition) is 1. The van der Waals surface area contributed by atoms with Crippen molar-refractivity contribution in [3.8, 4) is 5.88 Å². The summed E-state index contributed by atoms with van der Waals surface area (Å²) in [4.78, 5) is 3.67. The van der Waals surface area contributed by atoms with Gasteiger partial charge in [-0.15, -0.1) is 0 Å². The van der Waals surface area contributed by atoms with E-state index in [2.05, 4.69) is 4.98 Å². The van der Waals surface area contributed by atoms with Crippen LogP contribution in [0.25, 0.3) is 0 Å². The van der Waals surface area contributed by atoms with Crippen molar-refractivity contribution in [3.63, 3.8) is 0 Å². The molecule has 1 aromatic heterocycles. The van der Waals surface area contributed by atoms with Crippen molar-refractivity contribution in [2.45, 2.75) is 20.0 Å². The second kappa shape index (κ2) is 4.57. The Balaban J connectivity index is 3.19. The first-order chi connectivity index (χ1) is 6.57. The third-order valence-corrected chi connectivity index (χ3v) is 1.98. The molecule has 0 saturated heterocycles.